The van der Waals surface area contributed by atoms with Gasteiger partial charge in [-0.1, -0.05) is 0 Å². The van der Waals surface area contributed by atoms with Crippen LogP contribution in [0.1, 0.15) is 44.1 Å². The van der Waals surface area contributed by atoms with Crippen molar-refractivity contribution in [2.75, 3.05) is 19.4 Å². The van der Waals surface area contributed by atoms with Gasteiger partial charge in [-0.05, 0) is 45.7 Å². The summed E-state index contributed by atoms with van der Waals surface area (Å²) >= 11 is 0. The summed E-state index contributed by atoms with van der Waals surface area (Å²) in [6, 6.07) is 2.14. The Morgan fingerprint density at radius 3 is 2.46 bits per heavy atom. The van der Waals surface area contributed by atoms with E-state index in [1.807, 2.05) is 0 Å². The Bertz CT molecular complexity index is 603. The van der Waals surface area contributed by atoms with Crippen molar-refractivity contribution in [2.24, 2.45) is 0 Å². The highest BCUT2D eigenvalue weighted by Crippen LogP contribution is 2.24. The maximum absolute atomic E-state index is 12.5. The number of nitrogen functional groups attached to an aromatic ring is 1. The largest absolute Gasteiger partial charge is 0.464 e. The van der Waals surface area contributed by atoms with Gasteiger partial charge in [0, 0.05) is 6.54 Å². The van der Waals surface area contributed by atoms with Crippen LogP contribution in [0.15, 0.2) is 18.3 Å². The molecule has 1 saturated heterocycles. The van der Waals surface area contributed by atoms with Crippen LogP contribution in [0.2, 0.25) is 0 Å². The SMILES string of the molecule is CC(C)(C)OC(=O)N1CCCC1C(F)F.COC(=O)c1ccc(N)cn1. The first-order valence-corrected chi connectivity index (χ1v) is 8.12. The molecule has 7 nitrogen and oxygen atoms in total. The van der Waals surface area contributed by atoms with Gasteiger partial charge in [0.2, 0.25) is 0 Å². The van der Waals surface area contributed by atoms with E-state index >= 15 is 0 Å². The summed E-state index contributed by atoms with van der Waals surface area (Å²) < 4.78 is 34.6. The van der Waals surface area contributed by atoms with Crippen molar-refractivity contribution in [3.05, 3.63) is 24.0 Å². The zero-order valence-electron chi connectivity index (χ0n) is 15.4. The molecule has 1 aliphatic heterocycles. The predicted octanol–water partition coefficient (Wildman–Crippen LogP) is 3.10. The minimum Gasteiger partial charge on any atom is -0.464 e. The van der Waals surface area contributed by atoms with E-state index in [1.165, 1.54) is 19.4 Å². The number of pyridine rings is 1. The summed E-state index contributed by atoms with van der Waals surface area (Å²) in [4.78, 5) is 27.2. The van der Waals surface area contributed by atoms with Crippen LogP contribution in [0.5, 0.6) is 0 Å². The van der Waals surface area contributed by atoms with Crippen LogP contribution >= 0.6 is 0 Å². The molecular weight excluding hydrogens is 348 g/mol. The van der Waals surface area contributed by atoms with Crippen molar-refractivity contribution >= 4 is 17.7 Å². The van der Waals surface area contributed by atoms with Crippen molar-refractivity contribution in [2.45, 2.75) is 51.7 Å². The lowest BCUT2D eigenvalue weighted by molar-refractivity contribution is -0.00226. The van der Waals surface area contributed by atoms with Gasteiger partial charge in [0.05, 0.1) is 25.0 Å². The van der Waals surface area contributed by atoms with Crippen LogP contribution in [-0.4, -0.2) is 53.7 Å². The Hall–Kier alpha value is -2.45. The summed E-state index contributed by atoms with van der Waals surface area (Å²) in [5.41, 5.74) is 5.51. The Kier molecular flexibility index (Phi) is 7.73. The molecule has 1 aliphatic rings. The molecule has 2 heterocycles. The number of halogens is 2. The van der Waals surface area contributed by atoms with Crippen molar-refractivity contribution in [3.8, 4) is 0 Å². The fraction of sp³-hybridized carbons (Fsp3) is 0.588. The molecule has 2 N–H and O–H groups in total. The first kappa shape index (κ1) is 21.6. The van der Waals surface area contributed by atoms with E-state index < -0.39 is 30.1 Å². The fourth-order valence-corrected chi connectivity index (χ4v) is 2.23. The minimum atomic E-state index is -2.49. The van der Waals surface area contributed by atoms with Crippen LogP contribution in [0.3, 0.4) is 0 Å². The van der Waals surface area contributed by atoms with E-state index in [0.29, 0.717) is 25.1 Å². The standard InChI is InChI=1S/C10H17F2NO2.C7H8N2O2/c1-10(2,3)15-9(14)13-6-4-5-7(13)8(11)12;1-11-7(10)6-3-2-5(8)4-9-6/h7-8H,4-6H2,1-3H3;2-4H,8H2,1H3. The highest BCUT2D eigenvalue weighted by atomic mass is 19.3. The number of alkyl halides is 2. The lowest BCUT2D eigenvalue weighted by Gasteiger charge is -2.28. The monoisotopic (exact) mass is 373 g/mol. The summed E-state index contributed by atoms with van der Waals surface area (Å²) in [5.74, 6) is -0.454. The maximum atomic E-state index is 12.5. The molecule has 1 aromatic heterocycles. The third-order valence-corrected chi connectivity index (χ3v) is 3.40. The number of nitrogens with zero attached hydrogens (tertiary/aromatic N) is 2. The number of amides is 1. The van der Waals surface area contributed by atoms with Gasteiger partial charge in [0.1, 0.15) is 11.3 Å². The number of likely N-dealkylation sites (tertiary alicyclic amines) is 1. The Morgan fingerprint density at radius 1 is 1.35 bits per heavy atom. The number of rotatable bonds is 2. The normalized spacial score (nSPS) is 16.7. The summed E-state index contributed by atoms with van der Waals surface area (Å²) in [5, 5.41) is 0. The van der Waals surface area contributed by atoms with Crippen molar-refractivity contribution in [1.82, 2.24) is 9.88 Å². The smallest absolute Gasteiger partial charge is 0.410 e. The second-order valence-electron chi connectivity index (χ2n) is 6.69. The number of carbonyl (C=O) groups is 2. The quantitative estimate of drug-likeness (QED) is 0.801. The van der Waals surface area contributed by atoms with Gasteiger partial charge in [0.15, 0.2) is 0 Å². The van der Waals surface area contributed by atoms with Crippen LogP contribution < -0.4 is 5.73 Å². The second-order valence-corrected chi connectivity index (χ2v) is 6.69. The molecule has 1 unspecified atom stereocenters. The van der Waals surface area contributed by atoms with Gasteiger partial charge in [-0.25, -0.2) is 23.4 Å². The number of methoxy groups -OCH3 is 1. The molecule has 0 saturated carbocycles. The molecule has 9 heteroatoms. The van der Waals surface area contributed by atoms with Gasteiger partial charge >= 0.3 is 12.1 Å². The zero-order valence-corrected chi connectivity index (χ0v) is 15.4. The van der Waals surface area contributed by atoms with Crippen LogP contribution in [0, 0.1) is 0 Å². The van der Waals surface area contributed by atoms with E-state index in [2.05, 4.69) is 9.72 Å². The van der Waals surface area contributed by atoms with Gasteiger partial charge < -0.3 is 15.2 Å². The summed E-state index contributed by atoms with van der Waals surface area (Å²) in [6.07, 6.45) is -0.734. The Labute approximate surface area is 151 Å². The number of esters is 1. The molecule has 0 spiro atoms. The minimum absolute atomic E-state index is 0.265. The topological polar surface area (TPSA) is 94.8 Å². The number of anilines is 1. The second kappa shape index (κ2) is 9.30. The molecule has 0 bridgehead atoms. The van der Waals surface area contributed by atoms with Gasteiger partial charge in [-0.15, -0.1) is 0 Å². The summed E-state index contributed by atoms with van der Waals surface area (Å²) in [7, 11) is 1.31. The van der Waals surface area contributed by atoms with Crippen LogP contribution in [-0.2, 0) is 9.47 Å². The van der Waals surface area contributed by atoms with E-state index in [-0.39, 0.29) is 5.69 Å². The molecular formula is C17H25F2N3O4. The maximum Gasteiger partial charge on any atom is 0.410 e. The van der Waals surface area contributed by atoms with E-state index in [4.69, 9.17) is 10.5 Å². The number of hydrogen-bond donors (Lipinski definition) is 1. The molecule has 0 aromatic carbocycles. The van der Waals surface area contributed by atoms with E-state index in [9.17, 15) is 18.4 Å². The van der Waals surface area contributed by atoms with Crippen molar-refractivity contribution in [1.29, 1.82) is 0 Å². The van der Waals surface area contributed by atoms with E-state index in [1.54, 1.807) is 26.8 Å². The fourth-order valence-electron chi connectivity index (χ4n) is 2.23. The highest BCUT2D eigenvalue weighted by Gasteiger charge is 2.37. The van der Waals surface area contributed by atoms with Crippen molar-refractivity contribution < 1.29 is 27.8 Å². The van der Waals surface area contributed by atoms with Crippen molar-refractivity contribution in [3.63, 3.8) is 0 Å². The molecule has 1 fully saturated rings. The molecule has 26 heavy (non-hydrogen) atoms. The highest BCUT2D eigenvalue weighted by molar-refractivity contribution is 5.87. The third kappa shape index (κ3) is 6.81. The Balaban J connectivity index is 0.000000273. The molecule has 146 valence electrons. The molecule has 0 radical (unpaired) electrons. The van der Waals surface area contributed by atoms with Gasteiger partial charge in [-0.2, -0.15) is 0 Å². The molecule has 2 rings (SSSR count). The molecule has 1 atom stereocenters. The lowest BCUT2D eigenvalue weighted by atomic mass is 10.2. The number of hydrogen-bond acceptors (Lipinski definition) is 6. The number of nitrogens with two attached hydrogens (primary N) is 1. The number of aromatic nitrogens is 1. The number of carbonyl (C=O) groups excluding carboxylic acids is 2. The van der Waals surface area contributed by atoms with Gasteiger partial charge in [-0.3, -0.25) is 4.90 Å². The summed E-state index contributed by atoms with van der Waals surface area (Å²) in [6.45, 7) is 5.53. The lowest BCUT2D eigenvalue weighted by Crippen LogP contribution is -2.42. The zero-order chi connectivity index (χ0) is 19.9. The van der Waals surface area contributed by atoms with Crippen LogP contribution in [0.25, 0.3) is 0 Å². The van der Waals surface area contributed by atoms with Crippen LogP contribution in [0.4, 0.5) is 19.3 Å². The number of ether oxygens (including phenoxy) is 2. The molecule has 1 amide bonds. The molecule has 0 aliphatic carbocycles. The average molecular weight is 373 g/mol. The Morgan fingerprint density at radius 2 is 2.00 bits per heavy atom. The first-order valence-electron chi connectivity index (χ1n) is 8.12. The average Bonchev–Trinajstić information content (AvgIpc) is 3.04. The molecule has 1 aromatic rings. The third-order valence-electron chi connectivity index (χ3n) is 3.40. The first-order chi connectivity index (χ1) is 12.0. The van der Waals surface area contributed by atoms with Gasteiger partial charge in [0.25, 0.3) is 6.43 Å². The van der Waals surface area contributed by atoms with E-state index in [0.717, 1.165) is 4.90 Å². The predicted molar refractivity (Wildman–Crippen MR) is 92.0 cm³/mol.